The average Bonchev–Trinajstić information content (AvgIpc) is 2.45. The van der Waals surface area contributed by atoms with Crippen molar-refractivity contribution in [3.8, 4) is 0 Å². The van der Waals surface area contributed by atoms with Crippen molar-refractivity contribution in [1.82, 2.24) is 5.32 Å². The molecule has 0 aliphatic heterocycles. The molecule has 25 heavy (non-hydrogen) atoms. The van der Waals surface area contributed by atoms with Crippen molar-refractivity contribution in [2.75, 3.05) is 18.9 Å². The third-order valence-corrected chi connectivity index (χ3v) is 6.86. The number of hydrogen-bond acceptors (Lipinski definition) is 7. The van der Waals surface area contributed by atoms with E-state index < -0.39 is 51.7 Å². The minimum absolute atomic E-state index is 0.0112. The third kappa shape index (κ3) is 12.7. The Kier molecular flexibility index (Phi) is 10.1. The van der Waals surface area contributed by atoms with Gasteiger partial charge in [-0.2, -0.15) is 0 Å². The second-order valence-electron chi connectivity index (χ2n) is 5.16. The molecule has 0 rings (SSSR count). The predicted molar refractivity (Wildman–Crippen MR) is 85.2 cm³/mol. The number of carboxylic acid groups (broad SMARTS) is 2. The molecule has 0 fully saturated rings. The summed E-state index contributed by atoms with van der Waals surface area (Å²) in [5, 5.41) is 19.6. The summed E-state index contributed by atoms with van der Waals surface area (Å²) < 4.78 is 27.4. The number of nitrogens with one attached hydrogen (secondary N) is 1. The second kappa shape index (κ2) is 10.6. The first-order valence-electron chi connectivity index (χ1n) is 7.16. The van der Waals surface area contributed by atoms with Crippen LogP contribution in [-0.4, -0.2) is 62.8 Å². The largest absolute Gasteiger partial charge is 0.481 e. The lowest BCUT2D eigenvalue weighted by Crippen LogP contribution is -2.33. The van der Waals surface area contributed by atoms with Crippen LogP contribution in [0.25, 0.3) is 0 Å². The fourth-order valence-electron chi connectivity index (χ4n) is 1.70. The number of aliphatic carboxylic acids is 2. The van der Waals surface area contributed by atoms with Gasteiger partial charge < -0.3 is 31.1 Å². The maximum absolute atomic E-state index is 12.3. The Morgan fingerprint density at radius 2 is 1.68 bits per heavy atom. The number of phosphoric acid groups is 1. The van der Waals surface area contributed by atoms with Gasteiger partial charge in [-0.1, -0.05) is 0 Å². The van der Waals surface area contributed by atoms with Crippen molar-refractivity contribution in [1.29, 1.82) is 0 Å². The molecule has 0 heterocycles. The van der Waals surface area contributed by atoms with E-state index in [1.807, 2.05) is 0 Å². The number of carboxylic acids is 2. The van der Waals surface area contributed by atoms with Crippen LogP contribution in [0.5, 0.6) is 0 Å². The highest BCUT2D eigenvalue weighted by molar-refractivity contribution is 7.67. The quantitative estimate of drug-likeness (QED) is 0.171. The van der Waals surface area contributed by atoms with Gasteiger partial charge in [-0.05, 0) is 12.8 Å². The Labute approximate surface area is 143 Å². The van der Waals surface area contributed by atoms with Gasteiger partial charge in [0.15, 0.2) is 0 Å². The van der Waals surface area contributed by atoms with Crippen molar-refractivity contribution in [2.45, 2.75) is 31.7 Å². The molecule has 0 bridgehead atoms. The van der Waals surface area contributed by atoms with Crippen LogP contribution >= 0.6 is 15.2 Å². The molecule has 1 amide bonds. The summed E-state index contributed by atoms with van der Waals surface area (Å²) in [6, 6.07) is -1.17. The van der Waals surface area contributed by atoms with E-state index in [0.717, 1.165) is 0 Å². The van der Waals surface area contributed by atoms with E-state index in [1.165, 1.54) is 0 Å². The fraction of sp³-hybridized carbons (Fsp3) is 0.727. The molecule has 0 aromatic rings. The normalized spacial score (nSPS) is 15.2. The van der Waals surface area contributed by atoms with Gasteiger partial charge in [-0.25, -0.2) is 8.88 Å². The zero-order valence-electron chi connectivity index (χ0n) is 13.2. The average molecular weight is 404 g/mol. The Hall–Kier alpha value is -1.29. The first-order valence-corrected chi connectivity index (χ1v) is 10.7. The molecule has 14 heteroatoms. The third-order valence-electron chi connectivity index (χ3n) is 2.92. The first kappa shape index (κ1) is 23.7. The molecule has 0 aromatic carbocycles. The number of carbonyl (C=O) groups excluding carboxylic acids is 1. The lowest BCUT2D eigenvalue weighted by Gasteiger charge is -2.18. The molecule has 0 aromatic heterocycles. The van der Waals surface area contributed by atoms with Crippen molar-refractivity contribution in [3.05, 3.63) is 0 Å². The number of amides is 1. The van der Waals surface area contributed by atoms with Crippen LogP contribution in [-0.2, 0) is 27.8 Å². The second-order valence-corrected chi connectivity index (χ2v) is 9.32. The predicted octanol–water partition coefficient (Wildman–Crippen LogP) is -0.453. The summed E-state index contributed by atoms with van der Waals surface area (Å²) in [6.45, 7) is -0.0112. The Balaban J connectivity index is 4.35. The van der Waals surface area contributed by atoms with E-state index in [4.69, 9.17) is 25.7 Å². The summed E-state index contributed by atoms with van der Waals surface area (Å²) in [7, 11) is -8.95. The van der Waals surface area contributed by atoms with E-state index >= 15 is 0 Å². The zero-order chi connectivity index (χ0) is 19.7. The standard InChI is InChI=1S/C11H22N2O10P2/c12-8(11(17)18)2-3-9(14)13-5-1-6-24(19,7-4-10(15)16)23-25(20,21)22/h8H,1-7,12H2,(H,13,14)(H,15,16)(H,17,18)(H2,20,21,22)/t8-,24?/m0/s1. The van der Waals surface area contributed by atoms with Crippen LogP contribution in [0.4, 0.5) is 0 Å². The van der Waals surface area contributed by atoms with E-state index in [1.54, 1.807) is 0 Å². The molecule has 7 N–H and O–H groups in total. The molecule has 1 unspecified atom stereocenters. The molecule has 12 nitrogen and oxygen atoms in total. The van der Waals surface area contributed by atoms with Crippen molar-refractivity contribution in [3.63, 3.8) is 0 Å². The van der Waals surface area contributed by atoms with Gasteiger partial charge in [0.2, 0.25) is 13.3 Å². The Bertz CT molecular complexity index is 575. The SMILES string of the molecule is N[C@@H](CCC(=O)NCCCP(=O)(CCC(=O)O)OP(=O)(O)O)C(=O)O. The summed E-state index contributed by atoms with van der Waals surface area (Å²) in [6.07, 6.45) is -1.65. The van der Waals surface area contributed by atoms with E-state index in [9.17, 15) is 23.5 Å². The van der Waals surface area contributed by atoms with E-state index in [0.29, 0.717) is 0 Å². The highest BCUT2D eigenvalue weighted by Crippen LogP contribution is 2.60. The van der Waals surface area contributed by atoms with E-state index in [-0.39, 0.29) is 32.0 Å². The molecule has 0 saturated carbocycles. The van der Waals surface area contributed by atoms with Gasteiger partial charge in [-0.3, -0.25) is 18.9 Å². The minimum Gasteiger partial charge on any atom is -0.481 e. The number of hydrogen-bond donors (Lipinski definition) is 6. The van der Waals surface area contributed by atoms with Gasteiger partial charge in [0, 0.05) is 25.3 Å². The molecular weight excluding hydrogens is 382 g/mol. The Morgan fingerprint density at radius 3 is 2.16 bits per heavy atom. The van der Waals surface area contributed by atoms with Crippen molar-refractivity contribution < 1.29 is 47.8 Å². The molecule has 0 radical (unpaired) electrons. The van der Waals surface area contributed by atoms with Crippen LogP contribution in [0, 0.1) is 0 Å². The van der Waals surface area contributed by atoms with Crippen molar-refractivity contribution in [2.24, 2.45) is 5.73 Å². The summed E-state index contributed by atoms with van der Waals surface area (Å²) in [4.78, 5) is 50.0. The van der Waals surface area contributed by atoms with E-state index in [2.05, 4.69) is 9.63 Å². The molecular formula is C11H22N2O10P2. The van der Waals surface area contributed by atoms with Gasteiger partial charge in [0.25, 0.3) is 0 Å². The molecule has 2 atom stereocenters. The highest BCUT2D eigenvalue weighted by Gasteiger charge is 2.32. The molecule has 0 spiro atoms. The van der Waals surface area contributed by atoms with Crippen LogP contribution in [0.15, 0.2) is 0 Å². The maximum Gasteiger partial charge on any atom is 0.475 e. The van der Waals surface area contributed by atoms with Gasteiger partial charge >= 0.3 is 19.8 Å². The molecule has 0 aliphatic carbocycles. The van der Waals surface area contributed by atoms with Gasteiger partial charge in [-0.15, -0.1) is 0 Å². The van der Waals surface area contributed by atoms with Crippen LogP contribution in [0.2, 0.25) is 0 Å². The first-order chi connectivity index (χ1) is 11.3. The number of nitrogens with two attached hydrogens (primary N) is 1. The minimum atomic E-state index is -5.06. The topological polar surface area (TPSA) is 214 Å². The maximum atomic E-state index is 12.3. The highest BCUT2D eigenvalue weighted by atomic mass is 31.3. The van der Waals surface area contributed by atoms with Crippen LogP contribution in [0.3, 0.4) is 0 Å². The number of carbonyl (C=O) groups is 3. The van der Waals surface area contributed by atoms with Crippen LogP contribution < -0.4 is 11.1 Å². The van der Waals surface area contributed by atoms with Gasteiger partial charge in [0.1, 0.15) is 6.04 Å². The zero-order valence-corrected chi connectivity index (χ0v) is 15.0. The summed E-state index contributed by atoms with van der Waals surface area (Å²) in [5.74, 6) is -3.02. The summed E-state index contributed by atoms with van der Waals surface area (Å²) >= 11 is 0. The molecule has 146 valence electrons. The lowest BCUT2D eigenvalue weighted by molar-refractivity contribution is -0.139. The molecule has 0 aliphatic rings. The van der Waals surface area contributed by atoms with Crippen molar-refractivity contribution >= 4 is 33.0 Å². The Morgan fingerprint density at radius 1 is 1.08 bits per heavy atom. The fourth-order valence-corrected chi connectivity index (χ4v) is 5.30. The lowest BCUT2D eigenvalue weighted by atomic mass is 10.1. The monoisotopic (exact) mass is 404 g/mol. The summed E-state index contributed by atoms with van der Waals surface area (Å²) in [5.41, 5.74) is 5.24. The van der Waals surface area contributed by atoms with Gasteiger partial charge in [0.05, 0.1) is 6.42 Å². The smallest absolute Gasteiger partial charge is 0.475 e. The van der Waals surface area contributed by atoms with Crippen LogP contribution in [0.1, 0.15) is 25.7 Å². The molecule has 0 saturated heterocycles. The number of rotatable bonds is 13.